The van der Waals surface area contributed by atoms with Crippen molar-refractivity contribution in [1.29, 1.82) is 0 Å². The second-order valence-corrected chi connectivity index (χ2v) is 8.31. The Bertz CT molecular complexity index is 882. The van der Waals surface area contributed by atoms with Gasteiger partial charge in [0.25, 0.3) is 0 Å². The van der Waals surface area contributed by atoms with E-state index in [1.807, 2.05) is 12.1 Å². The molecule has 0 N–H and O–H groups in total. The smallest absolute Gasteiger partial charge is 0.0646 e. The Hall–Kier alpha value is -1.68. The topological polar surface area (TPSA) is 8.17 Å². The summed E-state index contributed by atoms with van der Waals surface area (Å²) >= 11 is 8.61. The molecule has 0 radical (unpaired) electrons. The summed E-state index contributed by atoms with van der Waals surface area (Å²) in [7, 11) is 0. The monoisotopic (exact) mass is 382 g/mol. The maximum Gasteiger partial charge on any atom is 0.0646 e. The fourth-order valence-electron chi connectivity index (χ4n) is 3.58. The van der Waals surface area contributed by atoms with Gasteiger partial charge >= 0.3 is 0 Å². The van der Waals surface area contributed by atoms with Crippen molar-refractivity contribution >= 4 is 23.4 Å². The predicted molar refractivity (Wildman–Crippen MR) is 114 cm³/mol. The highest BCUT2D eigenvalue weighted by atomic mass is 35.5. The van der Waals surface area contributed by atoms with Gasteiger partial charge in [-0.1, -0.05) is 54.1 Å². The van der Waals surface area contributed by atoms with E-state index >= 15 is 0 Å². The van der Waals surface area contributed by atoms with Crippen molar-refractivity contribution < 1.29 is 0 Å². The summed E-state index contributed by atoms with van der Waals surface area (Å²) in [5.41, 5.74) is 6.13. The summed E-state index contributed by atoms with van der Waals surface area (Å²) in [6.45, 7) is 5.55. The van der Waals surface area contributed by atoms with Gasteiger partial charge in [0.1, 0.15) is 0 Å². The van der Waals surface area contributed by atoms with Crippen molar-refractivity contribution in [2.24, 2.45) is 0 Å². The van der Waals surface area contributed by atoms with Gasteiger partial charge in [-0.25, -0.2) is 0 Å². The van der Waals surface area contributed by atoms with Gasteiger partial charge in [0, 0.05) is 36.8 Å². The van der Waals surface area contributed by atoms with Crippen LogP contribution in [0.3, 0.4) is 0 Å². The van der Waals surface area contributed by atoms with Crippen molar-refractivity contribution in [1.82, 2.24) is 9.47 Å². The molecule has 1 aromatic heterocycles. The third-order valence-corrected chi connectivity index (χ3v) is 6.27. The molecule has 134 valence electrons. The van der Waals surface area contributed by atoms with Gasteiger partial charge in [0.05, 0.1) is 16.4 Å². The fourth-order valence-corrected chi connectivity index (χ4v) is 4.78. The lowest BCUT2D eigenvalue weighted by Crippen LogP contribution is -2.32. The highest BCUT2D eigenvalue weighted by Gasteiger charge is 2.19. The van der Waals surface area contributed by atoms with E-state index < -0.39 is 0 Å². The van der Waals surface area contributed by atoms with E-state index in [9.17, 15) is 0 Å². The van der Waals surface area contributed by atoms with Gasteiger partial charge in [0.15, 0.2) is 0 Å². The molecular weight excluding hydrogens is 360 g/mol. The molecule has 1 saturated heterocycles. The number of hydrogen-bond donors (Lipinski definition) is 0. The molecule has 0 bridgehead atoms. The number of halogens is 1. The first-order valence-electron chi connectivity index (χ1n) is 9.05. The van der Waals surface area contributed by atoms with E-state index in [2.05, 4.69) is 76.7 Å². The van der Waals surface area contributed by atoms with Gasteiger partial charge in [-0.05, 0) is 36.2 Å². The summed E-state index contributed by atoms with van der Waals surface area (Å²) in [5, 5.41) is 0.782. The lowest BCUT2D eigenvalue weighted by atomic mass is 10.1. The van der Waals surface area contributed by atoms with E-state index in [1.54, 1.807) is 0 Å². The van der Waals surface area contributed by atoms with E-state index in [0.29, 0.717) is 0 Å². The Morgan fingerprint density at radius 1 is 0.962 bits per heavy atom. The molecule has 4 heteroatoms. The first-order valence-corrected chi connectivity index (χ1v) is 10.6. The minimum atomic E-state index is 0.782. The largest absolute Gasteiger partial charge is 0.312 e. The molecule has 0 spiro atoms. The highest BCUT2D eigenvalue weighted by molar-refractivity contribution is 7.99. The van der Waals surface area contributed by atoms with E-state index in [1.165, 1.54) is 47.1 Å². The molecule has 4 rings (SSSR count). The van der Waals surface area contributed by atoms with Crippen LogP contribution >= 0.6 is 23.4 Å². The number of nitrogens with zero attached hydrogens (tertiary/aromatic N) is 2. The highest BCUT2D eigenvalue weighted by Crippen LogP contribution is 2.33. The number of rotatable bonds is 4. The number of benzene rings is 2. The standard InChI is InChI=1S/C22H23ClN2S/c1-17-19(16-24-11-13-26-14-12-24)15-22(18-7-3-2-4-8-18)25(17)21-10-6-5-9-20(21)23/h2-10,15H,11-14,16H2,1H3. The average Bonchev–Trinajstić information content (AvgIpc) is 3.00. The SMILES string of the molecule is Cc1c(CN2CCSCC2)cc(-c2ccccc2)n1-c1ccccc1Cl. The number of aromatic nitrogens is 1. The second-order valence-electron chi connectivity index (χ2n) is 6.68. The van der Waals surface area contributed by atoms with Crippen LogP contribution in [0.4, 0.5) is 0 Å². The van der Waals surface area contributed by atoms with Crippen LogP contribution in [0.25, 0.3) is 16.9 Å². The molecule has 2 aromatic carbocycles. The minimum Gasteiger partial charge on any atom is -0.312 e. The molecule has 1 aliphatic rings. The Balaban J connectivity index is 1.81. The number of thioether (sulfide) groups is 1. The summed E-state index contributed by atoms with van der Waals surface area (Å²) in [6.07, 6.45) is 0. The molecule has 0 aliphatic carbocycles. The number of para-hydroxylation sites is 1. The average molecular weight is 383 g/mol. The Labute approximate surface area is 164 Å². The first kappa shape index (κ1) is 17.7. The summed E-state index contributed by atoms with van der Waals surface area (Å²) in [4.78, 5) is 2.56. The van der Waals surface area contributed by atoms with Crippen LogP contribution in [0, 0.1) is 6.92 Å². The summed E-state index contributed by atoms with van der Waals surface area (Å²) in [5.74, 6) is 2.46. The van der Waals surface area contributed by atoms with Gasteiger partial charge in [-0.15, -0.1) is 0 Å². The zero-order chi connectivity index (χ0) is 17.9. The van der Waals surface area contributed by atoms with Gasteiger partial charge in [-0.2, -0.15) is 11.8 Å². The maximum atomic E-state index is 6.56. The van der Waals surface area contributed by atoms with Crippen LogP contribution in [0.5, 0.6) is 0 Å². The first-order chi connectivity index (χ1) is 12.7. The van der Waals surface area contributed by atoms with Crippen LogP contribution in [-0.2, 0) is 6.54 Å². The molecule has 1 fully saturated rings. The van der Waals surface area contributed by atoms with Crippen LogP contribution < -0.4 is 0 Å². The molecule has 3 aromatic rings. The Morgan fingerprint density at radius 2 is 1.65 bits per heavy atom. The third-order valence-electron chi connectivity index (χ3n) is 5.01. The van der Waals surface area contributed by atoms with Gasteiger partial charge in [0.2, 0.25) is 0 Å². The van der Waals surface area contributed by atoms with Gasteiger partial charge < -0.3 is 4.57 Å². The van der Waals surface area contributed by atoms with Crippen LogP contribution in [0.1, 0.15) is 11.3 Å². The lowest BCUT2D eigenvalue weighted by Gasteiger charge is -2.26. The van der Waals surface area contributed by atoms with Crippen molar-refractivity contribution in [3.05, 3.63) is 76.9 Å². The number of hydrogen-bond acceptors (Lipinski definition) is 2. The molecule has 1 aliphatic heterocycles. The van der Waals surface area contributed by atoms with Crippen LogP contribution in [0.15, 0.2) is 60.7 Å². The van der Waals surface area contributed by atoms with E-state index in [0.717, 1.165) is 17.3 Å². The van der Waals surface area contributed by atoms with Crippen molar-refractivity contribution in [3.63, 3.8) is 0 Å². The predicted octanol–water partition coefficient (Wildman–Crippen LogP) is 5.65. The Morgan fingerprint density at radius 3 is 2.38 bits per heavy atom. The molecule has 0 saturated carbocycles. The minimum absolute atomic E-state index is 0.782. The zero-order valence-corrected chi connectivity index (χ0v) is 16.6. The lowest BCUT2D eigenvalue weighted by molar-refractivity contribution is 0.294. The van der Waals surface area contributed by atoms with E-state index in [-0.39, 0.29) is 0 Å². The third kappa shape index (κ3) is 3.57. The maximum absolute atomic E-state index is 6.56. The van der Waals surface area contributed by atoms with E-state index in [4.69, 9.17) is 11.6 Å². The summed E-state index contributed by atoms with van der Waals surface area (Å²) < 4.78 is 2.31. The van der Waals surface area contributed by atoms with Crippen LogP contribution in [0.2, 0.25) is 5.02 Å². The Kier molecular flexibility index (Phi) is 5.39. The fraction of sp³-hybridized carbons (Fsp3) is 0.273. The molecular formula is C22H23ClN2S. The normalized spacial score (nSPS) is 15.3. The molecule has 0 unspecified atom stereocenters. The van der Waals surface area contributed by atoms with Crippen molar-refractivity contribution in [2.75, 3.05) is 24.6 Å². The molecule has 2 nitrogen and oxygen atoms in total. The van der Waals surface area contributed by atoms with Crippen LogP contribution in [-0.4, -0.2) is 34.1 Å². The summed E-state index contributed by atoms with van der Waals surface area (Å²) in [6, 6.07) is 21.0. The molecule has 2 heterocycles. The second kappa shape index (κ2) is 7.91. The quantitative estimate of drug-likeness (QED) is 0.575. The van der Waals surface area contributed by atoms with Gasteiger partial charge in [-0.3, -0.25) is 4.90 Å². The molecule has 0 atom stereocenters. The molecule has 0 amide bonds. The zero-order valence-electron chi connectivity index (χ0n) is 15.0. The molecule has 26 heavy (non-hydrogen) atoms. The van der Waals surface area contributed by atoms with Crippen molar-refractivity contribution in [3.8, 4) is 16.9 Å². The van der Waals surface area contributed by atoms with Crippen molar-refractivity contribution in [2.45, 2.75) is 13.5 Å².